The number of primary amides is 1. The van der Waals surface area contributed by atoms with Crippen LogP contribution in [0.4, 0.5) is 0 Å². The summed E-state index contributed by atoms with van der Waals surface area (Å²) in [7, 11) is 1.40. The molecule has 0 aliphatic rings. The van der Waals surface area contributed by atoms with Crippen molar-refractivity contribution in [1.29, 1.82) is 5.41 Å². The summed E-state index contributed by atoms with van der Waals surface area (Å²) < 4.78 is 0. The summed E-state index contributed by atoms with van der Waals surface area (Å²) in [5.74, 6) is -8.02. The second-order valence-corrected chi connectivity index (χ2v) is 10.7. The van der Waals surface area contributed by atoms with Crippen LogP contribution in [-0.4, -0.2) is 148 Å². The number of hydrogen-bond acceptors (Lipinski definition) is 13. The third-order valence-corrected chi connectivity index (χ3v) is 6.68. The summed E-state index contributed by atoms with van der Waals surface area (Å²) in [5.41, 5.74) is 10.2. The molecule has 274 valence electrons. The van der Waals surface area contributed by atoms with Gasteiger partial charge in [-0.3, -0.25) is 34.2 Å². The minimum Gasteiger partial charge on any atom is -0.480 e. The van der Waals surface area contributed by atoms with Gasteiger partial charge in [-0.25, -0.2) is 4.79 Å². The van der Waals surface area contributed by atoms with Crippen molar-refractivity contribution < 1.29 is 59.1 Å². The minimum atomic E-state index is -1.81. The van der Waals surface area contributed by atoms with Crippen LogP contribution in [0.2, 0.25) is 0 Å². The predicted octanol–water partition coefficient (Wildman–Crippen LogP) is -7.64. The molecular formula is C26H48N10O12. The van der Waals surface area contributed by atoms with E-state index in [4.69, 9.17) is 16.9 Å². The first kappa shape index (κ1) is 43.4. The maximum atomic E-state index is 13.1. The van der Waals surface area contributed by atoms with Gasteiger partial charge in [-0.15, -0.1) is 0 Å². The number of nitrogens with two attached hydrogens (primary N) is 2. The molecule has 0 aromatic heterocycles. The minimum absolute atomic E-state index is 0.0520. The highest BCUT2D eigenvalue weighted by atomic mass is 16.4. The van der Waals surface area contributed by atoms with Crippen molar-refractivity contribution in [3.05, 3.63) is 0 Å². The van der Waals surface area contributed by atoms with Crippen molar-refractivity contribution in [3.63, 3.8) is 0 Å². The Morgan fingerprint density at radius 1 is 0.667 bits per heavy atom. The summed E-state index contributed by atoms with van der Waals surface area (Å²) in [6.45, 7) is 0.465. The average molecular weight is 693 g/mol. The smallest absolute Gasteiger partial charge is 0.326 e. The Morgan fingerprint density at radius 2 is 1.10 bits per heavy atom. The van der Waals surface area contributed by atoms with Crippen molar-refractivity contribution in [2.45, 2.75) is 88.0 Å². The lowest BCUT2D eigenvalue weighted by Gasteiger charge is -2.27. The summed E-state index contributed by atoms with van der Waals surface area (Å²) in [4.78, 5) is 86.7. The number of aliphatic hydroxyl groups excluding tert-OH is 4. The summed E-state index contributed by atoms with van der Waals surface area (Å²) in [5, 5.41) is 72.0. The Bertz CT molecular complexity index is 1140. The van der Waals surface area contributed by atoms with Gasteiger partial charge in [0.1, 0.15) is 36.3 Å². The molecule has 22 nitrogen and oxygen atoms in total. The SMILES string of the molecule is CN[C@H](C(=O)N[C@@H](CCCNC(=N)N)C(=O)N[C@@H](CO)C(=O)N[C@@H](CO)C(=O)N[C@H](C(=O)N[C@@H](CCC(N)=O)C(=O)O)[C@@H](C)O)[C@@H](C)O. The third-order valence-electron chi connectivity index (χ3n) is 6.68. The Hall–Kier alpha value is -4.64. The number of carbonyl (C=O) groups excluding carboxylic acids is 6. The molecule has 48 heavy (non-hydrogen) atoms. The van der Waals surface area contributed by atoms with E-state index >= 15 is 0 Å². The molecule has 0 saturated heterocycles. The van der Waals surface area contributed by atoms with E-state index in [-0.39, 0.29) is 25.3 Å². The van der Waals surface area contributed by atoms with E-state index in [0.717, 1.165) is 6.92 Å². The molecule has 0 aliphatic carbocycles. The zero-order valence-corrected chi connectivity index (χ0v) is 26.8. The summed E-state index contributed by atoms with van der Waals surface area (Å²) >= 11 is 0. The number of carbonyl (C=O) groups is 7. The fourth-order valence-corrected chi connectivity index (χ4v) is 4.05. The number of nitrogens with one attached hydrogen (secondary N) is 8. The van der Waals surface area contributed by atoms with Gasteiger partial charge in [-0.2, -0.15) is 0 Å². The number of carboxylic acids is 1. The van der Waals surface area contributed by atoms with E-state index in [9.17, 15) is 59.1 Å². The van der Waals surface area contributed by atoms with Gasteiger partial charge in [0, 0.05) is 13.0 Å². The molecule has 0 rings (SSSR count). The van der Waals surface area contributed by atoms with Crippen LogP contribution in [0, 0.1) is 5.41 Å². The number of amides is 6. The summed E-state index contributed by atoms with van der Waals surface area (Å²) in [6, 6.07) is -9.38. The second kappa shape index (κ2) is 22.0. The maximum Gasteiger partial charge on any atom is 0.326 e. The Kier molecular flexibility index (Phi) is 19.9. The molecule has 8 atom stereocenters. The quantitative estimate of drug-likeness (QED) is 0.0269. The van der Waals surface area contributed by atoms with Gasteiger partial charge in [0.25, 0.3) is 0 Å². The van der Waals surface area contributed by atoms with E-state index in [1.807, 2.05) is 5.32 Å². The van der Waals surface area contributed by atoms with Crippen LogP contribution >= 0.6 is 0 Å². The molecule has 17 N–H and O–H groups in total. The van der Waals surface area contributed by atoms with Crippen LogP contribution in [0.1, 0.15) is 39.5 Å². The second-order valence-electron chi connectivity index (χ2n) is 10.7. The molecule has 0 fully saturated rings. The first-order valence-electron chi connectivity index (χ1n) is 14.8. The molecule has 0 aromatic carbocycles. The Balaban J connectivity index is 5.71. The highest BCUT2D eigenvalue weighted by Gasteiger charge is 2.34. The lowest BCUT2D eigenvalue weighted by Crippen LogP contribution is -2.62. The zero-order valence-electron chi connectivity index (χ0n) is 26.8. The molecule has 22 heteroatoms. The number of rotatable bonds is 23. The van der Waals surface area contributed by atoms with Crippen LogP contribution < -0.4 is 48.7 Å². The molecule has 0 radical (unpaired) electrons. The Morgan fingerprint density at radius 3 is 1.52 bits per heavy atom. The number of aliphatic carboxylic acids is 1. The number of aliphatic hydroxyl groups is 4. The van der Waals surface area contributed by atoms with E-state index in [1.165, 1.54) is 14.0 Å². The lowest BCUT2D eigenvalue weighted by molar-refractivity contribution is -0.143. The monoisotopic (exact) mass is 692 g/mol. The first-order chi connectivity index (χ1) is 22.4. The zero-order chi connectivity index (χ0) is 37.1. The topological polar surface area (TPSA) is 381 Å². The van der Waals surface area contributed by atoms with Crippen molar-refractivity contribution in [2.24, 2.45) is 11.5 Å². The number of guanidine groups is 1. The van der Waals surface area contributed by atoms with Gasteiger partial charge in [-0.05, 0) is 40.2 Å². The van der Waals surface area contributed by atoms with Crippen LogP contribution in [0.3, 0.4) is 0 Å². The fraction of sp³-hybridized carbons (Fsp3) is 0.692. The van der Waals surface area contributed by atoms with Crippen molar-refractivity contribution in [1.82, 2.24) is 37.2 Å². The molecular weight excluding hydrogens is 644 g/mol. The van der Waals surface area contributed by atoms with Crippen molar-refractivity contribution in [3.8, 4) is 0 Å². The van der Waals surface area contributed by atoms with Crippen molar-refractivity contribution >= 4 is 47.4 Å². The predicted molar refractivity (Wildman–Crippen MR) is 165 cm³/mol. The van der Waals surface area contributed by atoms with E-state index in [1.54, 1.807) is 0 Å². The number of likely N-dealkylation sites (N-methyl/N-ethyl adjacent to an activating group) is 1. The molecule has 0 aromatic rings. The molecule has 0 saturated carbocycles. The molecule has 0 bridgehead atoms. The normalized spacial score (nSPS) is 15.9. The number of carboxylic acid groups (broad SMARTS) is 1. The Labute approximate surface area is 275 Å². The molecule has 0 spiro atoms. The average Bonchev–Trinajstić information content (AvgIpc) is 2.99. The van der Waals surface area contributed by atoms with Crippen molar-refractivity contribution in [2.75, 3.05) is 26.8 Å². The molecule has 0 aliphatic heterocycles. The lowest BCUT2D eigenvalue weighted by atomic mass is 10.1. The maximum absolute atomic E-state index is 13.1. The van der Waals surface area contributed by atoms with Gasteiger partial charge in [-0.1, -0.05) is 0 Å². The van der Waals surface area contributed by atoms with E-state index in [0.29, 0.717) is 0 Å². The fourth-order valence-electron chi connectivity index (χ4n) is 4.05. The van der Waals surface area contributed by atoms with Crippen LogP contribution in [0.5, 0.6) is 0 Å². The summed E-state index contributed by atoms with van der Waals surface area (Å²) in [6.07, 6.45) is -3.42. The van der Waals surface area contributed by atoms with Gasteiger partial charge in [0.2, 0.25) is 35.4 Å². The highest BCUT2D eigenvalue weighted by Crippen LogP contribution is 2.04. The van der Waals surface area contributed by atoms with Gasteiger partial charge in [0.15, 0.2) is 5.96 Å². The molecule has 0 heterocycles. The van der Waals surface area contributed by atoms with E-state index < -0.39 is 116 Å². The van der Waals surface area contributed by atoms with E-state index in [2.05, 4.69) is 31.9 Å². The van der Waals surface area contributed by atoms with Crippen LogP contribution in [0.15, 0.2) is 0 Å². The van der Waals surface area contributed by atoms with Gasteiger partial charge < -0.3 is 74.2 Å². The molecule has 6 amide bonds. The highest BCUT2D eigenvalue weighted by molar-refractivity contribution is 5.96. The van der Waals surface area contributed by atoms with Gasteiger partial charge >= 0.3 is 5.97 Å². The standard InChI is InChI=1S/C26H48N10O12/c1-11(39)18(30-3)23(45)32-13(5-4-8-31-26(28)29)20(42)34-15(9-37)21(43)35-16(10-38)22(44)36-19(12(2)40)24(46)33-14(25(47)48)6-7-17(27)41/h11-16,18-19,30,37-40H,4-10H2,1-3H3,(H2,27,41)(H,32,45)(H,33,46)(H,34,42)(H,35,43)(H,36,44)(H,47,48)(H4,28,29,31)/t11-,12-,13+,14+,15+,16+,18+,19+/m1/s1. The van der Waals surface area contributed by atoms with Crippen LogP contribution in [0.25, 0.3) is 0 Å². The van der Waals surface area contributed by atoms with Crippen LogP contribution in [-0.2, 0) is 33.6 Å². The molecule has 0 unspecified atom stereocenters. The largest absolute Gasteiger partial charge is 0.480 e. The first-order valence-corrected chi connectivity index (χ1v) is 14.8. The number of hydrogen-bond donors (Lipinski definition) is 15. The third kappa shape index (κ3) is 15.8. The van der Waals surface area contributed by atoms with Gasteiger partial charge in [0.05, 0.1) is 25.4 Å².